The highest BCUT2D eigenvalue weighted by molar-refractivity contribution is 9.10. The second-order valence-electron chi connectivity index (χ2n) is 4.26. The molecule has 2 aromatic carbocycles. The molecule has 0 bridgehead atoms. The number of hydrogen-bond donors (Lipinski definition) is 2. The summed E-state index contributed by atoms with van der Waals surface area (Å²) in [4.78, 5) is 0.186. The SMILES string of the molecule is Cc1cc(N)ccc1S(=O)(=O)Nc1ccc(Br)c(Cl)c1. The van der Waals surface area contributed by atoms with E-state index in [2.05, 4.69) is 20.7 Å². The highest BCUT2D eigenvalue weighted by Gasteiger charge is 2.17. The number of nitrogens with one attached hydrogen (secondary N) is 1. The molecule has 0 spiro atoms. The van der Waals surface area contributed by atoms with E-state index < -0.39 is 10.0 Å². The summed E-state index contributed by atoms with van der Waals surface area (Å²) < 4.78 is 27.8. The summed E-state index contributed by atoms with van der Waals surface area (Å²) in [5.41, 5.74) is 7.13. The average Bonchev–Trinajstić information content (AvgIpc) is 2.33. The van der Waals surface area contributed by atoms with Crippen LogP contribution in [0.15, 0.2) is 45.8 Å². The van der Waals surface area contributed by atoms with Crippen LogP contribution >= 0.6 is 27.5 Å². The van der Waals surface area contributed by atoms with Crippen LogP contribution in [0.1, 0.15) is 5.56 Å². The van der Waals surface area contributed by atoms with Crippen LogP contribution in [0.3, 0.4) is 0 Å². The van der Waals surface area contributed by atoms with Crippen molar-refractivity contribution >= 4 is 48.9 Å². The molecule has 3 N–H and O–H groups in total. The van der Waals surface area contributed by atoms with E-state index in [1.807, 2.05) is 0 Å². The fraction of sp³-hybridized carbons (Fsp3) is 0.0769. The van der Waals surface area contributed by atoms with Crippen molar-refractivity contribution < 1.29 is 8.42 Å². The topological polar surface area (TPSA) is 72.2 Å². The number of nitrogens with two attached hydrogens (primary N) is 1. The molecular weight excluding hydrogens is 364 g/mol. The molecule has 0 aliphatic heterocycles. The van der Waals surface area contributed by atoms with Gasteiger partial charge in [-0.2, -0.15) is 0 Å². The lowest BCUT2D eigenvalue weighted by Crippen LogP contribution is -2.14. The van der Waals surface area contributed by atoms with Gasteiger partial charge in [0.1, 0.15) is 0 Å². The Morgan fingerprint density at radius 3 is 2.50 bits per heavy atom. The summed E-state index contributed by atoms with van der Waals surface area (Å²) in [6.07, 6.45) is 0. The Kier molecular flexibility index (Phi) is 4.27. The van der Waals surface area contributed by atoms with Crippen LogP contribution in [0.4, 0.5) is 11.4 Å². The quantitative estimate of drug-likeness (QED) is 0.802. The van der Waals surface area contributed by atoms with E-state index in [4.69, 9.17) is 17.3 Å². The summed E-state index contributed by atoms with van der Waals surface area (Å²) >= 11 is 9.19. The van der Waals surface area contributed by atoms with Gasteiger partial charge in [-0.05, 0) is 64.8 Å². The zero-order valence-corrected chi connectivity index (χ0v) is 13.7. The predicted molar refractivity (Wildman–Crippen MR) is 85.6 cm³/mol. The standard InChI is InChI=1S/C13H12BrClN2O2S/c1-8-6-9(16)2-5-13(8)20(18,19)17-10-3-4-11(14)12(15)7-10/h2-7,17H,16H2,1H3. The van der Waals surface area contributed by atoms with Gasteiger partial charge >= 0.3 is 0 Å². The Hall–Kier alpha value is -1.24. The molecule has 4 nitrogen and oxygen atoms in total. The molecule has 20 heavy (non-hydrogen) atoms. The number of anilines is 2. The number of hydrogen-bond acceptors (Lipinski definition) is 3. The van der Waals surface area contributed by atoms with Gasteiger partial charge in [-0.1, -0.05) is 11.6 Å². The van der Waals surface area contributed by atoms with E-state index in [0.717, 1.165) is 0 Å². The van der Waals surface area contributed by atoms with Crippen molar-refractivity contribution in [2.45, 2.75) is 11.8 Å². The van der Waals surface area contributed by atoms with Gasteiger partial charge in [0.2, 0.25) is 0 Å². The van der Waals surface area contributed by atoms with Gasteiger partial charge in [-0.15, -0.1) is 0 Å². The van der Waals surface area contributed by atoms with E-state index in [0.29, 0.717) is 26.4 Å². The zero-order valence-electron chi connectivity index (χ0n) is 10.5. The number of rotatable bonds is 3. The van der Waals surface area contributed by atoms with Gasteiger partial charge in [0, 0.05) is 10.2 Å². The Bertz CT molecular complexity index is 763. The van der Waals surface area contributed by atoms with Crippen LogP contribution in [0.2, 0.25) is 5.02 Å². The van der Waals surface area contributed by atoms with Gasteiger partial charge in [0.15, 0.2) is 0 Å². The number of sulfonamides is 1. The number of halogens is 2. The van der Waals surface area contributed by atoms with Crippen LogP contribution in [-0.2, 0) is 10.0 Å². The Labute approximate surface area is 131 Å². The van der Waals surface area contributed by atoms with E-state index in [9.17, 15) is 8.42 Å². The van der Waals surface area contributed by atoms with Crippen molar-refractivity contribution in [2.75, 3.05) is 10.5 Å². The largest absolute Gasteiger partial charge is 0.399 e. The normalized spacial score (nSPS) is 11.3. The minimum absolute atomic E-state index is 0.186. The lowest BCUT2D eigenvalue weighted by Gasteiger charge is -2.11. The lowest BCUT2D eigenvalue weighted by molar-refractivity contribution is 0.600. The smallest absolute Gasteiger partial charge is 0.262 e. The first-order valence-corrected chi connectivity index (χ1v) is 8.29. The maximum Gasteiger partial charge on any atom is 0.262 e. The summed E-state index contributed by atoms with van der Waals surface area (Å²) in [6, 6.07) is 9.48. The number of aryl methyl sites for hydroxylation is 1. The molecule has 0 amide bonds. The van der Waals surface area contributed by atoms with Crippen LogP contribution in [0, 0.1) is 6.92 Å². The van der Waals surface area contributed by atoms with Gasteiger partial charge < -0.3 is 5.73 Å². The summed E-state index contributed by atoms with van der Waals surface area (Å²) in [5.74, 6) is 0. The van der Waals surface area contributed by atoms with Crippen molar-refractivity contribution in [1.82, 2.24) is 0 Å². The molecule has 2 aromatic rings. The summed E-state index contributed by atoms with van der Waals surface area (Å²) in [7, 11) is -3.67. The third-order valence-electron chi connectivity index (χ3n) is 2.66. The molecule has 0 radical (unpaired) electrons. The van der Waals surface area contributed by atoms with E-state index in [1.54, 1.807) is 31.2 Å². The van der Waals surface area contributed by atoms with Gasteiger partial charge in [0.05, 0.1) is 15.6 Å². The molecule has 7 heteroatoms. The van der Waals surface area contributed by atoms with Crippen LogP contribution < -0.4 is 10.5 Å². The van der Waals surface area contributed by atoms with Gasteiger partial charge in [-0.3, -0.25) is 4.72 Å². The molecule has 2 rings (SSSR count). The van der Waals surface area contributed by atoms with Crippen molar-refractivity contribution in [3.8, 4) is 0 Å². The molecule has 0 saturated carbocycles. The van der Waals surface area contributed by atoms with Crippen LogP contribution in [0.5, 0.6) is 0 Å². The summed E-state index contributed by atoms with van der Waals surface area (Å²) in [5, 5.41) is 0.430. The highest BCUT2D eigenvalue weighted by Crippen LogP contribution is 2.27. The van der Waals surface area contributed by atoms with Crippen molar-refractivity contribution in [2.24, 2.45) is 0 Å². The van der Waals surface area contributed by atoms with Gasteiger partial charge in [0.25, 0.3) is 10.0 Å². The average molecular weight is 376 g/mol. The van der Waals surface area contributed by atoms with Gasteiger partial charge in [-0.25, -0.2) is 8.42 Å². The third kappa shape index (κ3) is 3.26. The van der Waals surface area contributed by atoms with Crippen molar-refractivity contribution in [3.63, 3.8) is 0 Å². The van der Waals surface area contributed by atoms with E-state index in [-0.39, 0.29) is 4.90 Å². The zero-order chi connectivity index (χ0) is 14.9. The second kappa shape index (κ2) is 5.63. The van der Waals surface area contributed by atoms with Crippen LogP contribution in [0.25, 0.3) is 0 Å². The fourth-order valence-electron chi connectivity index (χ4n) is 1.74. The fourth-order valence-corrected chi connectivity index (χ4v) is 3.45. The van der Waals surface area contributed by atoms with Crippen molar-refractivity contribution in [1.29, 1.82) is 0 Å². The monoisotopic (exact) mass is 374 g/mol. The molecule has 0 aliphatic carbocycles. The van der Waals surface area contributed by atoms with Crippen molar-refractivity contribution in [3.05, 3.63) is 51.5 Å². The lowest BCUT2D eigenvalue weighted by atomic mass is 10.2. The second-order valence-corrected chi connectivity index (χ2v) is 7.17. The summed E-state index contributed by atoms with van der Waals surface area (Å²) in [6.45, 7) is 1.69. The van der Waals surface area contributed by atoms with E-state index in [1.165, 1.54) is 12.1 Å². The molecule has 0 atom stereocenters. The first kappa shape index (κ1) is 15.2. The van der Waals surface area contributed by atoms with Crippen LogP contribution in [-0.4, -0.2) is 8.42 Å². The first-order valence-electron chi connectivity index (χ1n) is 5.63. The molecule has 0 saturated heterocycles. The first-order chi connectivity index (χ1) is 9.29. The molecule has 0 aliphatic rings. The molecule has 0 unspecified atom stereocenters. The maximum atomic E-state index is 12.3. The Morgan fingerprint density at radius 2 is 1.90 bits per heavy atom. The molecule has 0 fully saturated rings. The molecule has 106 valence electrons. The minimum Gasteiger partial charge on any atom is -0.399 e. The Balaban J connectivity index is 2.38. The Morgan fingerprint density at radius 1 is 1.20 bits per heavy atom. The molecule has 0 heterocycles. The highest BCUT2D eigenvalue weighted by atomic mass is 79.9. The molecule has 0 aromatic heterocycles. The number of nitrogen functional groups attached to an aromatic ring is 1. The maximum absolute atomic E-state index is 12.3. The minimum atomic E-state index is -3.67. The third-order valence-corrected chi connectivity index (χ3v) is 5.43. The molecular formula is C13H12BrClN2O2S. The number of benzene rings is 2. The van der Waals surface area contributed by atoms with E-state index >= 15 is 0 Å². The predicted octanol–water partition coefficient (Wildman–Crippen LogP) is 3.79.